The summed E-state index contributed by atoms with van der Waals surface area (Å²) in [4.78, 5) is 21.1. The molecule has 3 N–H and O–H groups in total. The van der Waals surface area contributed by atoms with Gasteiger partial charge in [-0.2, -0.15) is 0 Å². The minimum absolute atomic E-state index is 0.140. The maximum atomic E-state index is 12.3. The molecule has 0 aliphatic rings. The lowest BCUT2D eigenvalue weighted by Crippen LogP contribution is -2.36. The number of aromatic nitrogens is 4. The molecule has 0 unspecified atom stereocenters. The molecule has 8 nitrogen and oxygen atoms in total. The molecule has 0 spiro atoms. The van der Waals surface area contributed by atoms with Gasteiger partial charge in [-0.05, 0) is 28.2 Å². The van der Waals surface area contributed by atoms with Gasteiger partial charge in [0.15, 0.2) is 10.8 Å². The number of anilines is 1. The van der Waals surface area contributed by atoms with Crippen LogP contribution in [0.25, 0.3) is 28.0 Å². The molecule has 154 valence electrons. The second kappa shape index (κ2) is 7.97. The van der Waals surface area contributed by atoms with E-state index in [1.165, 1.54) is 11.3 Å². The summed E-state index contributed by atoms with van der Waals surface area (Å²) in [5.41, 5.74) is 2.26. The molecule has 0 amide bonds. The van der Waals surface area contributed by atoms with E-state index in [2.05, 4.69) is 36.5 Å². The van der Waals surface area contributed by atoms with Gasteiger partial charge in [-0.1, -0.05) is 34.1 Å². The van der Waals surface area contributed by atoms with Gasteiger partial charge in [0, 0.05) is 45.7 Å². The first kappa shape index (κ1) is 19.5. The van der Waals surface area contributed by atoms with Crippen LogP contribution in [0.5, 0.6) is 5.75 Å². The molecule has 31 heavy (non-hydrogen) atoms. The number of thiazole rings is 1. The Morgan fingerprint density at radius 3 is 2.87 bits per heavy atom. The lowest BCUT2D eigenvalue weighted by Gasteiger charge is -2.07. The van der Waals surface area contributed by atoms with Crippen molar-refractivity contribution in [3.63, 3.8) is 0 Å². The highest BCUT2D eigenvalue weighted by Gasteiger charge is 2.27. The van der Waals surface area contributed by atoms with E-state index < -0.39 is 5.63 Å². The summed E-state index contributed by atoms with van der Waals surface area (Å²) in [6, 6.07) is 14.9. The van der Waals surface area contributed by atoms with Crippen molar-refractivity contribution < 1.29 is 14.3 Å². The number of pyridine rings is 1. The number of rotatable bonds is 5. The van der Waals surface area contributed by atoms with Crippen LogP contribution in [-0.2, 0) is 6.54 Å². The molecule has 5 aromatic rings. The van der Waals surface area contributed by atoms with Crippen LogP contribution < -0.4 is 15.6 Å². The summed E-state index contributed by atoms with van der Waals surface area (Å²) in [5.74, 6) is 0.140. The van der Waals surface area contributed by atoms with Crippen molar-refractivity contribution in [1.82, 2.24) is 15.2 Å². The Labute approximate surface area is 187 Å². The minimum Gasteiger partial charge on any atom is -0.505 e. The molecule has 0 aliphatic heterocycles. The topological polar surface area (TPSA) is 108 Å². The number of aromatic amines is 1. The summed E-state index contributed by atoms with van der Waals surface area (Å²) in [5, 5.41) is 19.6. The number of nitrogens with zero attached hydrogens (tertiary/aromatic N) is 3. The monoisotopic (exact) mass is 496 g/mol. The van der Waals surface area contributed by atoms with Gasteiger partial charge in [0.05, 0.1) is 0 Å². The van der Waals surface area contributed by atoms with Crippen LogP contribution >= 0.6 is 27.3 Å². The van der Waals surface area contributed by atoms with Gasteiger partial charge in [0.25, 0.3) is 0 Å². The predicted octanol–water partition coefficient (Wildman–Crippen LogP) is 4.00. The molecule has 0 bridgehead atoms. The molecular formula is C21H15BrN5O3S+. The second-order valence-electron chi connectivity index (χ2n) is 6.68. The Hall–Kier alpha value is -3.50. The molecule has 2 aromatic carbocycles. The molecule has 0 saturated carbocycles. The van der Waals surface area contributed by atoms with Crippen molar-refractivity contribution in [3.05, 3.63) is 80.6 Å². The summed E-state index contributed by atoms with van der Waals surface area (Å²) in [6.07, 6.45) is 1.65. The number of fused-ring (bicyclic) bond motifs is 1. The number of aromatic hydroxyl groups is 1. The number of nitrogens with one attached hydrogen (secondary N) is 2. The first-order valence-corrected chi connectivity index (χ1v) is 10.9. The third-order valence-electron chi connectivity index (χ3n) is 4.74. The van der Waals surface area contributed by atoms with Gasteiger partial charge in [0.2, 0.25) is 5.69 Å². The largest absolute Gasteiger partial charge is 0.505 e. The first-order chi connectivity index (χ1) is 15.1. The number of benzene rings is 2. The van der Waals surface area contributed by atoms with Gasteiger partial charge in [-0.25, -0.2) is 9.78 Å². The fourth-order valence-corrected chi connectivity index (χ4v) is 4.17. The zero-order valence-electron chi connectivity index (χ0n) is 15.9. The molecular weight excluding hydrogens is 482 g/mol. The van der Waals surface area contributed by atoms with Crippen molar-refractivity contribution in [2.45, 2.75) is 6.54 Å². The predicted molar refractivity (Wildman–Crippen MR) is 120 cm³/mol. The standard InChI is InChI=1S/C21H14BrN5O3S/c22-14-5-7-15(8-6-14)27-18(20(29)30-26-27)16-11-31-21(25-16)24-10-13-4-3-12-2-1-9-23-17(12)19(13)28/h1-9,11H,10H2,(H2-,24,25,26,28,29)/p+1. The van der Waals surface area contributed by atoms with E-state index in [1.54, 1.807) is 16.3 Å². The number of hydrogen-bond acceptors (Lipinski definition) is 7. The molecule has 3 aromatic heterocycles. The SMILES string of the molecule is O=c1o[nH][n+](-c2ccc(Br)cc2)c1-c1csc(NCc2ccc3cccnc3c2O)n1. The average molecular weight is 497 g/mol. The zero-order valence-corrected chi connectivity index (χ0v) is 18.3. The zero-order chi connectivity index (χ0) is 21.4. The Bertz CT molecular complexity index is 1440. The van der Waals surface area contributed by atoms with Crippen LogP contribution in [0.15, 0.2) is 73.9 Å². The third-order valence-corrected chi connectivity index (χ3v) is 6.07. The highest BCUT2D eigenvalue weighted by Crippen LogP contribution is 2.28. The highest BCUT2D eigenvalue weighted by atomic mass is 79.9. The number of phenols is 1. The summed E-state index contributed by atoms with van der Waals surface area (Å²) < 4.78 is 7.48. The van der Waals surface area contributed by atoms with E-state index in [1.807, 2.05) is 48.5 Å². The number of H-pyrrole nitrogens is 1. The molecule has 0 atom stereocenters. The molecule has 0 fully saturated rings. The molecule has 5 rings (SSSR count). The normalized spacial score (nSPS) is 11.1. The number of halogens is 1. The van der Waals surface area contributed by atoms with Crippen LogP contribution in [0.2, 0.25) is 0 Å². The lowest BCUT2D eigenvalue weighted by atomic mass is 10.1. The smallest absolute Gasteiger partial charge is 0.437 e. The number of hydrogen-bond donors (Lipinski definition) is 3. The first-order valence-electron chi connectivity index (χ1n) is 9.25. The lowest BCUT2D eigenvalue weighted by molar-refractivity contribution is -0.660. The summed E-state index contributed by atoms with van der Waals surface area (Å²) in [7, 11) is 0. The van der Waals surface area contributed by atoms with Crippen molar-refractivity contribution in [2.75, 3.05) is 5.32 Å². The average Bonchev–Trinajstić information content (AvgIpc) is 3.40. The quantitative estimate of drug-likeness (QED) is 0.317. The van der Waals surface area contributed by atoms with Gasteiger partial charge < -0.3 is 10.4 Å². The van der Waals surface area contributed by atoms with E-state index in [9.17, 15) is 9.90 Å². The van der Waals surface area contributed by atoms with E-state index in [0.29, 0.717) is 34.1 Å². The van der Waals surface area contributed by atoms with Crippen LogP contribution in [0.4, 0.5) is 5.13 Å². The molecule has 0 radical (unpaired) electrons. The van der Waals surface area contributed by atoms with Crippen LogP contribution in [-0.4, -0.2) is 20.3 Å². The van der Waals surface area contributed by atoms with Crippen molar-refractivity contribution >= 4 is 43.3 Å². The van der Waals surface area contributed by atoms with Crippen LogP contribution in [0.3, 0.4) is 0 Å². The molecule has 10 heteroatoms. The van der Waals surface area contributed by atoms with Crippen molar-refractivity contribution in [3.8, 4) is 22.8 Å². The van der Waals surface area contributed by atoms with Gasteiger partial charge in [0.1, 0.15) is 11.3 Å². The van der Waals surface area contributed by atoms with Crippen molar-refractivity contribution in [2.24, 2.45) is 0 Å². The molecule has 3 heterocycles. The summed E-state index contributed by atoms with van der Waals surface area (Å²) >= 11 is 4.76. The van der Waals surface area contributed by atoms with Gasteiger partial charge in [-0.15, -0.1) is 11.3 Å². The fraction of sp³-hybridized carbons (Fsp3) is 0.0476. The fourth-order valence-electron chi connectivity index (χ4n) is 3.21. The maximum absolute atomic E-state index is 12.3. The van der Waals surface area contributed by atoms with Crippen molar-refractivity contribution in [1.29, 1.82) is 0 Å². The van der Waals surface area contributed by atoms with Gasteiger partial charge >= 0.3 is 11.3 Å². The van der Waals surface area contributed by atoms with E-state index >= 15 is 0 Å². The Morgan fingerprint density at radius 2 is 2.03 bits per heavy atom. The third kappa shape index (κ3) is 3.71. The number of phenolic OH excluding ortho intramolecular Hbond substituents is 1. The van der Waals surface area contributed by atoms with Crippen LogP contribution in [0.1, 0.15) is 5.56 Å². The van der Waals surface area contributed by atoms with Crippen LogP contribution in [0, 0.1) is 0 Å². The Kier molecular flexibility index (Phi) is 5.00. The molecule has 0 saturated heterocycles. The Balaban J connectivity index is 1.40. The second-order valence-corrected chi connectivity index (χ2v) is 8.45. The Morgan fingerprint density at radius 1 is 1.19 bits per heavy atom. The van der Waals surface area contributed by atoms with E-state index in [0.717, 1.165) is 15.5 Å². The highest BCUT2D eigenvalue weighted by molar-refractivity contribution is 9.10. The van der Waals surface area contributed by atoms with E-state index in [4.69, 9.17) is 4.52 Å². The summed E-state index contributed by atoms with van der Waals surface area (Å²) in [6.45, 7) is 0.361. The molecule has 0 aliphatic carbocycles. The maximum Gasteiger partial charge on any atom is 0.437 e. The minimum atomic E-state index is -0.516. The van der Waals surface area contributed by atoms with Gasteiger partial charge in [-0.3, -0.25) is 9.51 Å². The van der Waals surface area contributed by atoms with E-state index in [-0.39, 0.29) is 5.75 Å².